The van der Waals surface area contributed by atoms with Crippen LogP contribution in [-0.4, -0.2) is 42.3 Å². The molecule has 3 atom stereocenters. The molecule has 16 heavy (non-hydrogen) atoms. The van der Waals surface area contributed by atoms with Crippen LogP contribution in [0, 0.1) is 0 Å². The summed E-state index contributed by atoms with van der Waals surface area (Å²) in [5.74, 6) is -0.753. The number of ether oxygens (including phenoxy) is 1. The van der Waals surface area contributed by atoms with E-state index in [-0.39, 0.29) is 12.1 Å². The third-order valence-electron chi connectivity index (χ3n) is 2.84. The van der Waals surface area contributed by atoms with E-state index >= 15 is 0 Å². The van der Waals surface area contributed by atoms with Crippen LogP contribution in [0.15, 0.2) is 30.3 Å². The van der Waals surface area contributed by atoms with Crippen molar-refractivity contribution in [2.45, 2.75) is 12.1 Å². The predicted molar refractivity (Wildman–Crippen MR) is 59.2 cm³/mol. The molecule has 86 valence electrons. The maximum Gasteiger partial charge on any atom is 0.322 e. The number of carboxylic acids is 1. The molecule has 1 N–H and O–H groups in total. The van der Waals surface area contributed by atoms with Crippen molar-refractivity contribution in [3.8, 4) is 0 Å². The Bertz CT molecular complexity index is 366. The lowest BCUT2D eigenvalue weighted by Crippen LogP contribution is -2.20. The lowest BCUT2D eigenvalue weighted by Gasteiger charge is -2.18. The highest BCUT2D eigenvalue weighted by Gasteiger charge is 2.45. The van der Waals surface area contributed by atoms with E-state index in [1.165, 1.54) is 0 Å². The van der Waals surface area contributed by atoms with E-state index in [0.29, 0.717) is 13.2 Å². The summed E-state index contributed by atoms with van der Waals surface area (Å²) in [5, 5.41) is 8.91. The normalized spacial score (nSPS) is 25.1. The Labute approximate surface area is 94.4 Å². The van der Waals surface area contributed by atoms with Crippen LogP contribution in [0.5, 0.6) is 0 Å². The van der Waals surface area contributed by atoms with E-state index in [2.05, 4.69) is 0 Å². The number of methoxy groups -OCH3 is 1. The van der Waals surface area contributed by atoms with Gasteiger partial charge in [0.05, 0.1) is 12.6 Å². The Hall–Kier alpha value is -1.39. The van der Waals surface area contributed by atoms with Gasteiger partial charge in [-0.1, -0.05) is 30.3 Å². The summed E-state index contributed by atoms with van der Waals surface area (Å²) >= 11 is 0. The Morgan fingerprint density at radius 1 is 1.56 bits per heavy atom. The minimum absolute atomic E-state index is 0.0484. The van der Waals surface area contributed by atoms with Gasteiger partial charge in [0.25, 0.3) is 0 Å². The average Bonchev–Trinajstić information content (AvgIpc) is 3.07. The second kappa shape index (κ2) is 4.63. The van der Waals surface area contributed by atoms with Gasteiger partial charge in [-0.3, -0.25) is 9.69 Å². The number of aliphatic carboxylic acids is 1. The van der Waals surface area contributed by atoms with Gasteiger partial charge in [0.2, 0.25) is 0 Å². The summed E-state index contributed by atoms with van der Waals surface area (Å²) in [6.07, 6.45) is 0. The molecule has 0 radical (unpaired) electrons. The van der Waals surface area contributed by atoms with Crippen LogP contribution in [0.25, 0.3) is 0 Å². The number of hydrogen-bond acceptors (Lipinski definition) is 3. The number of benzene rings is 1. The molecular formula is C12H15NO3. The Morgan fingerprint density at radius 2 is 2.25 bits per heavy atom. The average molecular weight is 221 g/mol. The second-order valence-corrected chi connectivity index (χ2v) is 3.93. The smallest absolute Gasteiger partial charge is 0.322 e. The number of rotatable bonds is 5. The lowest BCUT2D eigenvalue weighted by molar-refractivity contribution is -0.137. The maximum atomic E-state index is 10.8. The Morgan fingerprint density at radius 3 is 2.75 bits per heavy atom. The summed E-state index contributed by atoms with van der Waals surface area (Å²) in [6.45, 7) is 1.13. The van der Waals surface area contributed by atoms with Gasteiger partial charge in [0.1, 0.15) is 6.04 Å². The second-order valence-electron chi connectivity index (χ2n) is 3.93. The van der Waals surface area contributed by atoms with Gasteiger partial charge in [-0.15, -0.1) is 0 Å². The summed E-state index contributed by atoms with van der Waals surface area (Å²) in [7, 11) is 1.63. The fraction of sp³-hybridized carbons (Fsp3) is 0.417. The summed E-state index contributed by atoms with van der Waals surface area (Å²) in [6, 6.07) is 9.56. The van der Waals surface area contributed by atoms with Crippen molar-refractivity contribution >= 4 is 5.97 Å². The molecule has 0 aliphatic carbocycles. The molecule has 0 spiro atoms. The van der Waals surface area contributed by atoms with Crippen molar-refractivity contribution in [1.82, 2.24) is 4.90 Å². The van der Waals surface area contributed by atoms with Gasteiger partial charge in [-0.2, -0.15) is 0 Å². The van der Waals surface area contributed by atoms with Gasteiger partial charge in [0.15, 0.2) is 0 Å². The highest BCUT2D eigenvalue weighted by Crippen LogP contribution is 2.32. The van der Waals surface area contributed by atoms with Crippen LogP contribution < -0.4 is 0 Å². The first-order valence-corrected chi connectivity index (χ1v) is 5.26. The minimum Gasteiger partial charge on any atom is -0.480 e. The van der Waals surface area contributed by atoms with Gasteiger partial charge >= 0.3 is 5.97 Å². The molecular weight excluding hydrogens is 206 g/mol. The maximum absolute atomic E-state index is 10.8. The van der Waals surface area contributed by atoms with Crippen molar-refractivity contribution in [3.05, 3.63) is 35.9 Å². The van der Waals surface area contributed by atoms with Crippen molar-refractivity contribution in [2.24, 2.45) is 0 Å². The fourth-order valence-electron chi connectivity index (χ4n) is 1.93. The number of nitrogens with zero attached hydrogens (tertiary/aromatic N) is 1. The third-order valence-corrected chi connectivity index (χ3v) is 2.84. The number of carboxylic acid groups (broad SMARTS) is 1. The Balaban J connectivity index is 2.10. The summed E-state index contributed by atoms with van der Waals surface area (Å²) in [5.41, 5.74) is 1.10. The number of hydrogen-bond donors (Lipinski definition) is 1. The van der Waals surface area contributed by atoms with E-state index in [9.17, 15) is 4.79 Å². The minimum atomic E-state index is -0.753. The van der Waals surface area contributed by atoms with Crippen LogP contribution in [-0.2, 0) is 9.53 Å². The highest BCUT2D eigenvalue weighted by molar-refractivity contribution is 5.77. The van der Waals surface area contributed by atoms with Gasteiger partial charge < -0.3 is 9.84 Å². The zero-order valence-corrected chi connectivity index (χ0v) is 9.17. The molecule has 0 bridgehead atoms. The van der Waals surface area contributed by atoms with Crippen LogP contribution in [0.2, 0.25) is 0 Å². The van der Waals surface area contributed by atoms with E-state index < -0.39 is 5.97 Å². The quantitative estimate of drug-likeness (QED) is 0.757. The van der Waals surface area contributed by atoms with E-state index in [4.69, 9.17) is 9.84 Å². The first-order valence-electron chi connectivity index (χ1n) is 5.26. The molecule has 2 rings (SSSR count). The zero-order valence-electron chi connectivity index (χ0n) is 9.17. The van der Waals surface area contributed by atoms with Crippen LogP contribution in [0.4, 0.5) is 0 Å². The van der Waals surface area contributed by atoms with Gasteiger partial charge in [0, 0.05) is 13.7 Å². The Kier molecular flexibility index (Phi) is 3.22. The van der Waals surface area contributed by atoms with Crippen LogP contribution >= 0.6 is 0 Å². The van der Waals surface area contributed by atoms with E-state index in [1.807, 2.05) is 35.2 Å². The largest absolute Gasteiger partial charge is 0.480 e. The standard InChI is InChI=1S/C12H15NO3/c1-16-8-11(9-5-3-2-4-6-9)13-7-10(13)12(14)15/h2-6,10-11H,7-8H2,1H3,(H,14,15)/t10-,11-,13?/m0/s1. The van der Waals surface area contributed by atoms with Crippen molar-refractivity contribution in [1.29, 1.82) is 0 Å². The third kappa shape index (κ3) is 2.23. The fourth-order valence-corrected chi connectivity index (χ4v) is 1.93. The summed E-state index contributed by atoms with van der Waals surface area (Å²) < 4.78 is 5.15. The van der Waals surface area contributed by atoms with Crippen LogP contribution in [0.3, 0.4) is 0 Å². The first-order chi connectivity index (χ1) is 7.74. The zero-order chi connectivity index (χ0) is 11.5. The molecule has 1 saturated heterocycles. The van der Waals surface area contributed by atoms with Crippen molar-refractivity contribution in [2.75, 3.05) is 20.3 Å². The SMILES string of the molecule is COC[C@@H](c1ccccc1)N1C[C@H]1C(=O)O. The first kappa shape index (κ1) is 11.1. The molecule has 1 heterocycles. The van der Waals surface area contributed by atoms with E-state index in [1.54, 1.807) is 7.11 Å². The molecule has 1 fully saturated rings. The molecule has 1 aromatic carbocycles. The molecule has 0 amide bonds. The molecule has 1 aliphatic rings. The van der Waals surface area contributed by atoms with Crippen molar-refractivity contribution < 1.29 is 14.6 Å². The molecule has 1 aliphatic heterocycles. The topological polar surface area (TPSA) is 49.5 Å². The summed E-state index contributed by atoms with van der Waals surface area (Å²) in [4.78, 5) is 12.8. The van der Waals surface area contributed by atoms with E-state index in [0.717, 1.165) is 5.56 Å². The van der Waals surface area contributed by atoms with Gasteiger partial charge in [-0.05, 0) is 5.56 Å². The predicted octanol–water partition coefficient (Wildman–Crippen LogP) is 1.14. The van der Waals surface area contributed by atoms with Crippen LogP contribution in [0.1, 0.15) is 11.6 Å². The number of carbonyl (C=O) groups is 1. The molecule has 0 aromatic heterocycles. The highest BCUT2D eigenvalue weighted by atomic mass is 16.5. The molecule has 1 unspecified atom stereocenters. The molecule has 0 saturated carbocycles. The monoisotopic (exact) mass is 221 g/mol. The van der Waals surface area contributed by atoms with Gasteiger partial charge in [-0.25, -0.2) is 0 Å². The lowest BCUT2D eigenvalue weighted by atomic mass is 10.1. The molecule has 4 heteroatoms. The molecule has 4 nitrogen and oxygen atoms in total. The van der Waals surface area contributed by atoms with Crippen molar-refractivity contribution in [3.63, 3.8) is 0 Å². The molecule has 1 aromatic rings.